The van der Waals surface area contributed by atoms with Gasteiger partial charge in [0.1, 0.15) is 5.60 Å². The zero-order chi connectivity index (χ0) is 17.0. The van der Waals surface area contributed by atoms with Gasteiger partial charge in [-0.1, -0.05) is 24.3 Å². The number of amides is 2. The largest absolute Gasteiger partial charge is 0.378 e. The first-order valence-electron chi connectivity index (χ1n) is 7.49. The molecule has 0 fully saturated rings. The van der Waals surface area contributed by atoms with Crippen LogP contribution in [0.25, 0.3) is 0 Å². The van der Waals surface area contributed by atoms with Crippen molar-refractivity contribution >= 4 is 34.4 Å². The lowest BCUT2D eigenvalue weighted by Crippen LogP contribution is -2.42. The number of rotatable bonds is 5. The van der Waals surface area contributed by atoms with E-state index in [-0.39, 0.29) is 12.6 Å². The highest BCUT2D eigenvalue weighted by Crippen LogP contribution is 2.33. The van der Waals surface area contributed by atoms with Crippen LogP contribution >= 0.6 is 22.7 Å². The van der Waals surface area contributed by atoms with Crippen LogP contribution in [0.3, 0.4) is 0 Å². The number of benzene rings is 1. The number of hydrogen-bond acceptors (Lipinski definition) is 4. The predicted molar refractivity (Wildman–Crippen MR) is 99.8 cm³/mol. The molecule has 6 heteroatoms. The number of carbonyl (C=O) groups is 1. The third kappa shape index (κ3) is 3.51. The molecule has 24 heavy (non-hydrogen) atoms. The van der Waals surface area contributed by atoms with Gasteiger partial charge in [-0.3, -0.25) is 0 Å². The Balaban J connectivity index is 1.73. The second-order valence-electron chi connectivity index (χ2n) is 5.47. The molecule has 0 aliphatic heterocycles. The summed E-state index contributed by atoms with van der Waals surface area (Å²) < 4.78 is 0. The Morgan fingerprint density at radius 1 is 1.17 bits per heavy atom. The van der Waals surface area contributed by atoms with Gasteiger partial charge in [-0.2, -0.15) is 11.3 Å². The van der Waals surface area contributed by atoms with Crippen LogP contribution in [0.2, 0.25) is 0 Å². The van der Waals surface area contributed by atoms with E-state index in [0.29, 0.717) is 0 Å². The molecule has 0 saturated heterocycles. The summed E-state index contributed by atoms with van der Waals surface area (Å²) in [4.78, 5) is 13.0. The molecular formula is C18H18N2O2S2. The maximum absolute atomic E-state index is 12.2. The molecule has 0 radical (unpaired) electrons. The monoisotopic (exact) mass is 358 g/mol. The zero-order valence-corrected chi connectivity index (χ0v) is 14.8. The fraction of sp³-hybridized carbons (Fsp3) is 0.167. The maximum atomic E-state index is 12.2. The van der Waals surface area contributed by atoms with E-state index in [2.05, 4.69) is 10.6 Å². The van der Waals surface area contributed by atoms with Gasteiger partial charge in [0.25, 0.3) is 0 Å². The van der Waals surface area contributed by atoms with Gasteiger partial charge >= 0.3 is 6.03 Å². The van der Waals surface area contributed by atoms with E-state index < -0.39 is 5.60 Å². The molecule has 0 spiro atoms. The number of urea groups is 1. The van der Waals surface area contributed by atoms with E-state index in [0.717, 1.165) is 21.7 Å². The normalized spacial score (nSPS) is 13.2. The van der Waals surface area contributed by atoms with Crippen LogP contribution in [0.1, 0.15) is 16.0 Å². The highest BCUT2D eigenvalue weighted by Gasteiger charge is 2.33. The molecule has 124 valence electrons. The SMILES string of the molecule is Cc1ccccc1NC(=O)NCC(O)(c1ccsc1)c1cccs1. The molecule has 2 heterocycles. The molecule has 0 bridgehead atoms. The van der Waals surface area contributed by atoms with Crippen LogP contribution in [0.4, 0.5) is 10.5 Å². The summed E-state index contributed by atoms with van der Waals surface area (Å²) in [5.74, 6) is 0. The molecule has 3 N–H and O–H groups in total. The van der Waals surface area contributed by atoms with Gasteiger partial charge in [0.15, 0.2) is 0 Å². The lowest BCUT2D eigenvalue weighted by molar-refractivity contribution is 0.0871. The number of hydrogen-bond donors (Lipinski definition) is 3. The van der Waals surface area contributed by atoms with Crippen molar-refractivity contribution in [2.75, 3.05) is 11.9 Å². The van der Waals surface area contributed by atoms with E-state index in [1.54, 1.807) is 0 Å². The Morgan fingerprint density at radius 3 is 2.67 bits per heavy atom. The fourth-order valence-electron chi connectivity index (χ4n) is 2.43. The Bertz CT molecular complexity index is 764. The van der Waals surface area contributed by atoms with Crippen molar-refractivity contribution in [2.45, 2.75) is 12.5 Å². The van der Waals surface area contributed by atoms with Crippen molar-refractivity contribution < 1.29 is 9.90 Å². The van der Waals surface area contributed by atoms with Gasteiger partial charge in [0.05, 0.1) is 6.54 Å². The Hall–Kier alpha value is -2.15. The first-order valence-corrected chi connectivity index (χ1v) is 9.31. The topological polar surface area (TPSA) is 61.4 Å². The number of aliphatic hydroxyl groups is 1. The van der Waals surface area contributed by atoms with Gasteiger partial charge in [-0.25, -0.2) is 4.79 Å². The van der Waals surface area contributed by atoms with Gasteiger partial charge in [-0.15, -0.1) is 11.3 Å². The molecular weight excluding hydrogens is 340 g/mol. The average Bonchev–Trinajstić information content (AvgIpc) is 3.28. The lowest BCUT2D eigenvalue weighted by atomic mass is 9.94. The average molecular weight is 358 g/mol. The number of carbonyl (C=O) groups excluding carboxylic acids is 1. The number of para-hydroxylation sites is 1. The maximum Gasteiger partial charge on any atom is 0.319 e. The summed E-state index contributed by atoms with van der Waals surface area (Å²) in [6.45, 7) is 2.03. The Morgan fingerprint density at radius 2 is 2.00 bits per heavy atom. The van der Waals surface area contributed by atoms with Crippen molar-refractivity contribution in [1.82, 2.24) is 5.32 Å². The fourth-order valence-corrected chi connectivity index (χ4v) is 4.00. The van der Waals surface area contributed by atoms with Crippen LogP contribution in [0.15, 0.2) is 58.6 Å². The van der Waals surface area contributed by atoms with E-state index in [9.17, 15) is 9.90 Å². The van der Waals surface area contributed by atoms with Gasteiger partial charge in [0.2, 0.25) is 0 Å². The molecule has 0 aliphatic carbocycles. The zero-order valence-electron chi connectivity index (χ0n) is 13.2. The van der Waals surface area contributed by atoms with Crippen LogP contribution in [0, 0.1) is 6.92 Å². The van der Waals surface area contributed by atoms with Crippen molar-refractivity contribution in [3.8, 4) is 0 Å². The lowest BCUT2D eigenvalue weighted by Gasteiger charge is -2.27. The molecule has 3 rings (SSSR count). The highest BCUT2D eigenvalue weighted by atomic mass is 32.1. The summed E-state index contributed by atoms with van der Waals surface area (Å²) in [5.41, 5.74) is 1.30. The molecule has 0 saturated carbocycles. The molecule has 0 aliphatic rings. The molecule has 3 aromatic rings. The smallest absolute Gasteiger partial charge is 0.319 e. The standard InChI is InChI=1S/C18H18N2O2S2/c1-13-5-2-3-6-15(13)20-17(21)19-12-18(22,14-8-10-23-11-14)16-7-4-9-24-16/h2-11,22H,12H2,1H3,(H2,19,20,21). The van der Waals surface area contributed by atoms with Crippen LogP contribution < -0.4 is 10.6 Å². The molecule has 2 amide bonds. The number of thiophene rings is 2. The minimum Gasteiger partial charge on any atom is -0.378 e. The summed E-state index contributed by atoms with van der Waals surface area (Å²) >= 11 is 2.99. The Labute approximate surface area is 148 Å². The number of aryl methyl sites for hydroxylation is 1. The number of anilines is 1. The van der Waals surface area contributed by atoms with Crippen molar-refractivity contribution in [3.05, 3.63) is 74.6 Å². The highest BCUT2D eigenvalue weighted by molar-refractivity contribution is 7.10. The van der Waals surface area contributed by atoms with Gasteiger partial charge < -0.3 is 15.7 Å². The summed E-state index contributed by atoms with van der Waals surface area (Å²) in [6, 6.07) is 12.9. The molecule has 1 atom stereocenters. The summed E-state index contributed by atoms with van der Waals surface area (Å²) in [6.07, 6.45) is 0. The summed E-state index contributed by atoms with van der Waals surface area (Å²) in [5, 5.41) is 22.5. The molecule has 4 nitrogen and oxygen atoms in total. The second-order valence-corrected chi connectivity index (χ2v) is 7.20. The first-order chi connectivity index (χ1) is 11.6. The van der Waals surface area contributed by atoms with Crippen molar-refractivity contribution in [3.63, 3.8) is 0 Å². The van der Waals surface area contributed by atoms with Crippen LogP contribution in [-0.4, -0.2) is 17.7 Å². The first kappa shape index (κ1) is 16.7. The second kappa shape index (κ2) is 7.17. The van der Waals surface area contributed by atoms with E-state index in [1.807, 2.05) is 65.5 Å². The van der Waals surface area contributed by atoms with Crippen LogP contribution in [-0.2, 0) is 5.60 Å². The van der Waals surface area contributed by atoms with E-state index in [1.165, 1.54) is 22.7 Å². The quantitative estimate of drug-likeness (QED) is 0.641. The van der Waals surface area contributed by atoms with E-state index >= 15 is 0 Å². The predicted octanol–water partition coefficient (Wildman–Crippen LogP) is 4.18. The number of nitrogens with one attached hydrogen (secondary N) is 2. The van der Waals surface area contributed by atoms with E-state index in [4.69, 9.17) is 0 Å². The summed E-state index contributed by atoms with van der Waals surface area (Å²) in [7, 11) is 0. The molecule has 1 aromatic carbocycles. The van der Waals surface area contributed by atoms with Gasteiger partial charge in [-0.05, 0) is 46.8 Å². The van der Waals surface area contributed by atoms with Crippen molar-refractivity contribution in [2.24, 2.45) is 0 Å². The molecule has 1 unspecified atom stereocenters. The minimum absolute atomic E-state index is 0.0992. The van der Waals surface area contributed by atoms with Gasteiger partial charge in [0, 0.05) is 16.1 Å². The molecule has 2 aromatic heterocycles. The van der Waals surface area contributed by atoms with Crippen LogP contribution in [0.5, 0.6) is 0 Å². The minimum atomic E-state index is -1.22. The Kier molecular flexibility index (Phi) is 4.99. The third-order valence-electron chi connectivity index (χ3n) is 3.83. The third-order valence-corrected chi connectivity index (χ3v) is 5.53. The van der Waals surface area contributed by atoms with Crippen molar-refractivity contribution in [1.29, 1.82) is 0 Å².